The van der Waals surface area contributed by atoms with Gasteiger partial charge in [-0.15, -0.1) is 0 Å². The molecule has 4 heteroatoms. The Morgan fingerprint density at radius 1 is 1.32 bits per heavy atom. The SMILES string of the molecule is CCOc1ccc(Cl)cc1C(CC)N1CCNCC1. The van der Waals surface area contributed by atoms with E-state index < -0.39 is 0 Å². The van der Waals surface area contributed by atoms with Gasteiger partial charge in [-0.25, -0.2) is 0 Å². The summed E-state index contributed by atoms with van der Waals surface area (Å²) in [5, 5.41) is 4.18. The number of nitrogens with zero attached hydrogens (tertiary/aromatic N) is 1. The zero-order valence-corrected chi connectivity index (χ0v) is 12.5. The first-order valence-electron chi connectivity index (χ1n) is 7.13. The molecular weight excluding hydrogens is 260 g/mol. The summed E-state index contributed by atoms with van der Waals surface area (Å²) in [4.78, 5) is 2.52. The molecule has 1 aliphatic rings. The number of halogens is 1. The topological polar surface area (TPSA) is 24.5 Å². The normalized spacial score (nSPS) is 18.3. The zero-order chi connectivity index (χ0) is 13.7. The van der Waals surface area contributed by atoms with E-state index in [1.54, 1.807) is 0 Å². The maximum Gasteiger partial charge on any atom is 0.124 e. The fourth-order valence-electron chi connectivity index (χ4n) is 2.74. The lowest BCUT2D eigenvalue weighted by Gasteiger charge is -2.35. The summed E-state index contributed by atoms with van der Waals surface area (Å²) in [5.41, 5.74) is 1.22. The minimum atomic E-state index is 0.391. The van der Waals surface area contributed by atoms with E-state index in [1.807, 2.05) is 19.1 Å². The molecule has 0 radical (unpaired) electrons. The molecule has 1 aliphatic heterocycles. The second kappa shape index (κ2) is 7.13. The van der Waals surface area contributed by atoms with Gasteiger partial charge in [0.2, 0.25) is 0 Å². The van der Waals surface area contributed by atoms with Gasteiger partial charge in [0, 0.05) is 42.8 Å². The van der Waals surface area contributed by atoms with Gasteiger partial charge < -0.3 is 10.1 Å². The van der Waals surface area contributed by atoms with Crippen molar-refractivity contribution in [1.29, 1.82) is 0 Å². The minimum Gasteiger partial charge on any atom is -0.494 e. The molecule has 0 aliphatic carbocycles. The van der Waals surface area contributed by atoms with Gasteiger partial charge in [0.05, 0.1) is 6.61 Å². The highest BCUT2D eigenvalue weighted by Gasteiger charge is 2.23. The summed E-state index contributed by atoms with van der Waals surface area (Å²) in [6.07, 6.45) is 1.07. The molecule has 1 aromatic carbocycles. The van der Waals surface area contributed by atoms with E-state index in [0.29, 0.717) is 12.6 Å². The quantitative estimate of drug-likeness (QED) is 0.898. The van der Waals surface area contributed by atoms with E-state index in [2.05, 4.69) is 23.2 Å². The Labute approximate surface area is 120 Å². The van der Waals surface area contributed by atoms with Crippen LogP contribution < -0.4 is 10.1 Å². The number of hydrogen-bond donors (Lipinski definition) is 1. The zero-order valence-electron chi connectivity index (χ0n) is 11.8. The van der Waals surface area contributed by atoms with Crippen molar-refractivity contribution in [1.82, 2.24) is 10.2 Å². The van der Waals surface area contributed by atoms with Crippen LogP contribution in [0, 0.1) is 0 Å². The fourth-order valence-corrected chi connectivity index (χ4v) is 2.92. The lowest BCUT2D eigenvalue weighted by Crippen LogP contribution is -2.45. The molecular formula is C15H23ClN2O. The van der Waals surface area contributed by atoms with Crippen LogP contribution in [-0.2, 0) is 0 Å². The Balaban J connectivity index is 2.27. The molecule has 106 valence electrons. The van der Waals surface area contributed by atoms with E-state index in [-0.39, 0.29) is 0 Å². The molecule has 1 fully saturated rings. The predicted octanol–water partition coefficient (Wildman–Crippen LogP) is 3.10. The number of hydrogen-bond acceptors (Lipinski definition) is 3. The smallest absolute Gasteiger partial charge is 0.124 e. The minimum absolute atomic E-state index is 0.391. The summed E-state index contributed by atoms with van der Waals surface area (Å²) < 4.78 is 5.76. The predicted molar refractivity (Wildman–Crippen MR) is 80.1 cm³/mol. The molecule has 1 unspecified atom stereocenters. The number of ether oxygens (including phenoxy) is 1. The molecule has 1 saturated heterocycles. The lowest BCUT2D eigenvalue weighted by molar-refractivity contribution is 0.165. The van der Waals surface area contributed by atoms with Crippen molar-refractivity contribution in [2.24, 2.45) is 0 Å². The third kappa shape index (κ3) is 3.62. The first-order chi connectivity index (χ1) is 9.26. The van der Waals surface area contributed by atoms with Gasteiger partial charge in [0.1, 0.15) is 5.75 Å². The molecule has 0 amide bonds. The van der Waals surface area contributed by atoms with Crippen LogP contribution in [0.25, 0.3) is 0 Å². The third-order valence-corrected chi connectivity index (χ3v) is 3.84. The van der Waals surface area contributed by atoms with Crippen molar-refractivity contribution in [2.75, 3.05) is 32.8 Å². The molecule has 0 spiro atoms. The highest BCUT2D eigenvalue weighted by atomic mass is 35.5. The number of rotatable bonds is 5. The van der Waals surface area contributed by atoms with E-state index in [4.69, 9.17) is 16.3 Å². The van der Waals surface area contributed by atoms with Crippen LogP contribution in [0.15, 0.2) is 18.2 Å². The van der Waals surface area contributed by atoms with Gasteiger partial charge in [-0.1, -0.05) is 18.5 Å². The van der Waals surface area contributed by atoms with Crippen molar-refractivity contribution in [2.45, 2.75) is 26.3 Å². The van der Waals surface area contributed by atoms with E-state index >= 15 is 0 Å². The average molecular weight is 283 g/mol. The van der Waals surface area contributed by atoms with Crippen molar-refractivity contribution in [3.63, 3.8) is 0 Å². The van der Waals surface area contributed by atoms with Gasteiger partial charge in [0.15, 0.2) is 0 Å². The standard InChI is InChI=1S/C15H23ClN2O/c1-3-14(18-9-7-17-8-10-18)13-11-12(16)5-6-15(13)19-4-2/h5-6,11,14,17H,3-4,7-10H2,1-2H3. The second-order valence-corrected chi connectivity index (χ2v) is 5.26. The maximum absolute atomic E-state index is 6.17. The third-order valence-electron chi connectivity index (χ3n) is 3.61. The van der Waals surface area contributed by atoms with Crippen molar-refractivity contribution in [3.8, 4) is 5.75 Å². The molecule has 0 bridgehead atoms. The van der Waals surface area contributed by atoms with E-state index in [9.17, 15) is 0 Å². The van der Waals surface area contributed by atoms with Crippen LogP contribution >= 0.6 is 11.6 Å². The molecule has 1 heterocycles. The van der Waals surface area contributed by atoms with E-state index in [0.717, 1.165) is 43.4 Å². The van der Waals surface area contributed by atoms with Crippen LogP contribution in [0.2, 0.25) is 5.02 Å². The van der Waals surface area contributed by atoms with E-state index in [1.165, 1.54) is 5.56 Å². The van der Waals surface area contributed by atoms with Gasteiger partial charge in [0.25, 0.3) is 0 Å². The first-order valence-corrected chi connectivity index (χ1v) is 7.51. The first kappa shape index (κ1) is 14.6. The summed E-state index contributed by atoms with van der Waals surface area (Å²) >= 11 is 6.17. The number of nitrogens with one attached hydrogen (secondary N) is 1. The molecule has 2 rings (SSSR count). The highest BCUT2D eigenvalue weighted by Crippen LogP contribution is 2.34. The molecule has 1 aromatic rings. The van der Waals surface area contributed by atoms with Crippen molar-refractivity contribution >= 4 is 11.6 Å². The summed E-state index contributed by atoms with van der Waals surface area (Å²) in [6.45, 7) is 9.20. The lowest BCUT2D eigenvalue weighted by atomic mass is 10.0. The Bertz CT molecular complexity index is 405. The van der Waals surface area contributed by atoms with Crippen LogP contribution in [0.3, 0.4) is 0 Å². The maximum atomic E-state index is 6.17. The van der Waals surface area contributed by atoms with Crippen LogP contribution in [-0.4, -0.2) is 37.7 Å². The summed E-state index contributed by atoms with van der Waals surface area (Å²) in [6, 6.07) is 6.34. The highest BCUT2D eigenvalue weighted by molar-refractivity contribution is 6.30. The van der Waals surface area contributed by atoms with Crippen LogP contribution in [0.5, 0.6) is 5.75 Å². The molecule has 19 heavy (non-hydrogen) atoms. The fraction of sp³-hybridized carbons (Fsp3) is 0.600. The van der Waals surface area contributed by atoms with Gasteiger partial charge in [-0.2, -0.15) is 0 Å². The molecule has 1 N–H and O–H groups in total. The summed E-state index contributed by atoms with van der Waals surface area (Å²) in [7, 11) is 0. The monoisotopic (exact) mass is 282 g/mol. The molecule has 0 aromatic heterocycles. The number of benzene rings is 1. The Morgan fingerprint density at radius 3 is 2.68 bits per heavy atom. The molecule has 1 atom stereocenters. The largest absolute Gasteiger partial charge is 0.494 e. The molecule has 3 nitrogen and oxygen atoms in total. The van der Waals surface area contributed by atoms with Crippen molar-refractivity contribution < 1.29 is 4.74 Å². The number of piperazine rings is 1. The molecule has 0 saturated carbocycles. The summed E-state index contributed by atoms with van der Waals surface area (Å²) in [5.74, 6) is 0.970. The second-order valence-electron chi connectivity index (χ2n) is 4.83. The van der Waals surface area contributed by atoms with Gasteiger partial charge in [-0.05, 0) is 31.5 Å². The Morgan fingerprint density at radius 2 is 2.05 bits per heavy atom. The van der Waals surface area contributed by atoms with Crippen molar-refractivity contribution in [3.05, 3.63) is 28.8 Å². The van der Waals surface area contributed by atoms with Gasteiger partial charge >= 0.3 is 0 Å². The van der Waals surface area contributed by atoms with Gasteiger partial charge in [-0.3, -0.25) is 4.90 Å². The van der Waals surface area contributed by atoms with Crippen LogP contribution in [0.1, 0.15) is 31.9 Å². The average Bonchev–Trinajstić information content (AvgIpc) is 2.44. The van der Waals surface area contributed by atoms with Crippen LogP contribution in [0.4, 0.5) is 0 Å². The Kier molecular flexibility index (Phi) is 5.49. The Hall–Kier alpha value is -0.770.